The third-order valence-electron chi connectivity index (χ3n) is 3.07. The largest absolute Gasteiger partial charge is 0.464 e. The summed E-state index contributed by atoms with van der Waals surface area (Å²) in [6.45, 7) is 6.01. The highest BCUT2D eigenvalue weighted by Crippen LogP contribution is 2.31. The van der Waals surface area contributed by atoms with Crippen LogP contribution < -0.4 is 11.1 Å². The van der Waals surface area contributed by atoms with Crippen molar-refractivity contribution in [3.05, 3.63) is 34.6 Å². The third-order valence-corrected chi connectivity index (χ3v) is 4.02. The van der Waals surface area contributed by atoms with Crippen LogP contribution in [0.5, 0.6) is 0 Å². The van der Waals surface area contributed by atoms with E-state index in [1.165, 1.54) is 4.88 Å². The molecule has 0 saturated carbocycles. The first-order valence-electron chi connectivity index (χ1n) is 6.39. The lowest BCUT2D eigenvalue weighted by molar-refractivity contribution is 0.466. The predicted molar refractivity (Wildman–Crippen MR) is 82.0 cm³/mol. The summed E-state index contributed by atoms with van der Waals surface area (Å²) >= 11 is 1.61. The number of aryl methyl sites for hydroxylation is 2. The van der Waals surface area contributed by atoms with E-state index < -0.39 is 0 Å². The molecule has 0 spiro atoms. The zero-order valence-corrected chi connectivity index (χ0v) is 12.4. The van der Waals surface area contributed by atoms with Gasteiger partial charge in [0.15, 0.2) is 0 Å². The molecule has 5 nitrogen and oxygen atoms in total. The summed E-state index contributed by atoms with van der Waals surface area (Å²) in [5, 5.41) is 4.35. The first-order valence-corrected chi connectivity index (χ1v) is 7.21. The lowest BCUT2D eigenvalue weighted by Gasteiger charge is -2.13. The molecule has 0 aromatic carbocycles. The SMILES string of the molecule is Cc1ccc(C(C)Nc2nc(N)nc3sc(C)cc23)o1. The Balaban J connectivity index is 1.97. The normalized spacial score (nSPS) is 12.8. The van der Waals surface area contributed by atoms with Crippen molar-refractivity contribution in [1.29, 1.82) is 0 Å². The Morgan fingerprint density at radius 2 is 2.10 bits per heavy atom. The van der Waals surface area contributed by atoms with E-state index >= 15 is 0 Å². The Hall–Kier alpha value is -2.08. The number of nitrogens with one attached hydrogen (secondary N) is 1. The van der Waals surface area contributed by atoms with Gasteiger partial charge in [-0.2, -0.15) is 4.98 Å². The summed E-state index contributed by atoms with van der Waals surface area (Å²) in [6, 6.07) is 6.00. The second-order valence-corrected chi connectivity index (χ2v) is 6.06. The van der Waals surface area contributed by atoms with Gasteiger partial charge in [-0.15, -0.1) is 11.3 Å². The van der Waals surface area contributed by atoms with Crippen molar-refractivity contribution in [3.8, 4) is 0 Å². The Morgan fingerprint density at radius 3 is 2.80 bits per heavy atom. The smallest absolute Gasteiger partial charge is 0.223 e. The monoisotopic (exact) mass is 288 g/mol. The molecule has 0 radical (unpaired) electrons. The van der Waals surface area contributed by atoms with Crippen molar-refractivity contribution >= 4 is 33.3 Å². The Morgan fingerprint density at radius 1 is 1.30 bits per heavy atom. The van der Waals surface area contributed by atoms with Gasteiger partial charge >= 0.3 is 0 Å². The summed E-state index contributed by atoms with van der Waals surface area (Å²) in [5.74, 6) is 2.80. The van der Waals surface area contributed by atoms with Gasteiger partial charge in [-0.25, -0.2) is 4.98 Å². The molecule has 3 aromatic heterocycles. The van der Waals surface area contributed by atoms with Gasteiger partial charge in [-0.05, 0) is 39.0 Å². The molecule has 0 aliphatic heterocycles. The Kier molecular flexibility index (Phi) is 3.10. The molecule has 104 valence electrons. The van der Waals surface area contributed by atoms with E-state index in [1.807, 2.05) is 32.9 Å². The van der Waals surface area contributed by atoms with Crippen LogP contribution in [0.4, 0.5) is 11.8 Å². The topological polar surface area (TPSA) is 77.0 Å². The maximum atomic E-state index is 5.77. The van der Waals surface area contributed by atoms with Crippen LogP contribution in [0, 0.1) is 13.8 Å². The lowest BCUT2D eigenvalue weighted by Crippen LogP contribution is -2.09. The molecule has 1 unspecified atom stereocenters. The second-order valence-electron chi connectivity index (χ2n) is 4.82. The highest BCUT2D eigenvalue weighted by atomic mass is 32.1. The molecule has 0 amide bonds. The zero-order chi connectivity index (χ0) is 14.3. The lowest BCUT2D eigenvalue weighted by atomic mass is 10.2. The van der Waals surface area contributed by atoms with Gasteiger partial charge in [0, 0.05) is 4.88 Å². The van der Waals surface area contributed by atoms with Crippen LogP contribution in [0.1, 0.15) is 29.4 Å². The highest BCUT2D eigenvalue weighted by Gasteiger charge is 2.14. The molecule has 20 heavy (non-hydrogen) atoms. The van der Waals surface area contributed by atoms with Crippen molar-refractivity contribution < 1.29 is 4.42 Å². The first kappa shape index (κ1) is 12.9. The summed E-state index contributed by atoms with van der Waals surface area (Å²) in [5.41, 5.74) is 5.77. The minimum atomic E-state index is 0.0152. The van der Waals surface area contributed by atoms with E-state index in [2.05, 4.69) is 21.4 Å². The molecule has 0 saturated heterocycles. The molecule has 0 fully saturated rings. The quantitative estimate of drug-likeness (QED) is 0.769. The molecule has 3 N–H and O–H groups in total. The number of furan rings is 1. The van der Waals surface area contributed by atoms with Crippen molar-refractivity contribution in [2.75, 3.05) is 11.1 Å². The minimum absolute atomic E-state index is 0.0152. The molecule has 6 heteroatoms. The van der Waals surface area contributed by atoms with Gasteiger partial charge < -0.3 is 15.5 Å². The van der Waals surface area contributed by atoms with E-state index in [0.29, 0.717) is 0 Å². The van der Waals surface area contributed by atoms with E-state index in [1.54, 1.807) is 11.3 Å². The Bertz CT molecular complexity index is 762. The van der Waals surface area contributed by atoms with Crippen LogP contribution in [0.2, 0.25) is 0 Å². The van der Waals surface area contributed by atoms with Crippen molar-refractivity contribution in [3.63, 3.8) is 0 Å². The van der Waals surface area contributed by atoms with Gasteiger partial charge in [0.1, 0.15) is 22.2 Å². The fraction of sp³-hybridized carbons (Fsp3) is 0.286. The summed E-state index contributed by atoms with van der Waals surface area (Å²) in [6.07, 6.45) is 0. The molecule has 3 heterocycles. The van der Waals surface area contributed by atoms with Gasteiger partial charge in [-0.1, -0.05) is 0 Å². The number of aromatic nitrogens is 2. The van der Waals surface area contributed by atoms with E-state index in [0.717, 1.165) is 27.6 Å². The molecule has 0 aliphatic rings. The van der Waals surface area contributed by atoms with E-state index in [4.69, 9.17) is 10.2 Å². The number of fused-ring (bicyclic) bond motifs is 1. The summed E-state index contributed by atoms with van der Waals surface area (Å²) < 4.78 is 5.63. The van der Waals surface area contributed by atoms with Crippen molar-refractivity contribution in [2.45, 2.75) is 26.8 Å². The maximum absolute atomic E-state index is 5.77. The molecular formula is C14H16N4OS. The zero-order valence-electron chi connectivity index (χ0n) is 11.6. The minimum Gasteiger partial charge on any atom is -0.464 e. The van der Waals surface area contributed by atoms with Gasteiger partial charge in [0.25, 0.3) is 0 Å². The first-order chi connectivity index (χ1) is 9.52. The molecule has 0 bridgehead atoms. The van der Waals surface area contributed by atoms with Crippen molar-refractivity contribution in [1.82, 2.24) is 9.97 Å². The highest BCUT2D eigenvalue weighted by molar-refractivity contribution is 7.18. The molecule has 0 aliphatic carbocycles. The standard InChI is InChI=1S/C14H16N4OS/c1-7-4-5-11(19-7)9(3)16-12-10-6-8(2)20-13(10)18-14(15)17-12/h4-6,9H,1-3H3,(H3,15,16,17,18). The van der Waals surface area contributed by atoms with Crippen LogP contribution in [0.3, 0.4) is 0 Å². The second kappa shape index (κ2) is 4.79. The maximum Gasteiger partial charge on any atom is 0.223 e. The Labute approximate surface area is 120 Å². The molecule has 3 rings (SSSR count). The molecule has 1 atom stereocenters. The van der Waals surface area contributed by atoms with Crippen molar-refractivity contribution in [2.24, 2.45) is 0 Å². The van der Waals surface area contributed by atoms with E-state index in [-0.39, 0.29) is 12.0 Å². The van der Waals surface area contributed by atoms with E-state index in [9.17, 15) is 0 Å². The molecule has 3 aromatic rings. The number of nitrogen functional groups attached to an aromatic ring is 1. The number of hydrogen-bond donors (Lipinski definition) is 2. The fourth-order valence-electron chi connectivity index (χ4n) is 2.13. The van der Waals surface area contributed by atoms with Gasteiger partial charge in [0.2, 0.25) is 5.95 Å². The average Bonchev–Trinajstić information content (AvgIpc) is 2.94. The van der Waals surface area contributed by atoms with Crippen LogP contribution >= 0.6 is 11.3 Å². The summed E-state index contributed by atoms with van der Waals surface area (Å²) in [7, 11) is 0. The summed E-state index contributed by atoms with van der Waals surface area (Å²) in [4.78, 5) is 10.7. The number of hydrogen-bond acceptors (Lipinski definition) is 6. The fourth-order valence-corrected chi connectivity index (χ4v) is 3.02. The van der Waals surface area contributed by atoms with Crippen LogP contribution in [-0.4, -0.2) is 9.97 Å². The number of nitrogens with zero attached hydrogens (tertiary/aromatic N) is 2. The average molecular weight is 288 g/mol. The predicted octanol–water partition coefficient (Wildman–Crippen LogP) is 3.66. The van der Waals surface area contributed by atoms with Crippen LogP contribution in [0.15, 0.2) is 22.6 Å². The number of nitrogens with two attached hydrogens (primary N) is 1. The number of anilines is 2. The number of rotatable bonds is 3. The van der Waals surface area contributed by atoms with Crippen LogP contribution in [0.25, 0.3) is 10.2 Å². The van der Waals surface area contributed by atoms with Crippen LogP contribution in [-0.2, 0) is 0 Å². The number of thiophene rings is 1. The van der Waals surface area contributed by atoms with Gasteiger partial charge in [-0.3, -0.25) is 0 Å². The van der Waals surface area contributed by atoms with Gasteiger partial charge in [0.05, 0.1) is 11.4 Å². The molecular weight excluding hydrogens is 272 g/mol. The third kappa shape index (κ3) is 2.34.